The third-order valence-electron chi connectivity index (χ3n) is 4.79. The van der Waals surface area contributed by atoms with Crippen molar-refractivity contribution < 1.29 is 4.79 Å². The lowest BCUT2D eigenvalue weighted by Crippen LogP contribution is -2.30. The molecule has 2 aromatic heterocycles. The van der Waals surface area contributed by atoms with Gasteiger partial charge in [-0.3, -0.25) is 14.5 Å². The number of aromatic nitrogens is 3. The SMILES string of the molecule is Cc1nn(C)c(C)c1C[C@H](C)C(=O)NCc1cccc2cccnc12. The van der Waals surface area contributed by atoms with Crippen molar-refractivity contribution in [2.45, 2.75) is 33.7 Å². The molecule has 0 saturated carbocycles. The first-order valence-corrected chi connectivity index (χ1v) is 8.56. The minimum atomic E-state index is -0.107. The van der Waals surface area contributed by atoms with E-state index in [1.165, 1.54) is 0 Å². The second-order valence-electron chi connectivity index (χ2n) is 6.59. The lowest BCUT2D eigenvalue weighted by Gasteiger charge is -2.13. The molecular weight excluding hydrogens is 312 g/mol. The molecule has 0 radical (unpaired) electrons. The van der Waals surface area contributed by atoms with Crippen molar-refractivity contribution in [3.63, 3.8) is 0 Å². The van der Waals surface area contributed by atoms with Crippen molar-refractivity contribution in [1.29, 1.82) is 0 Å². The van der Waals surface area contributed by atoms with Gasteiger partial charge in [0.25, 0.3) is 0 Å². The quantitative estimate of drug-likeness (QED) is 0.779. The van der Waals surface area contributed by atoms with E-state index < -0.39 is 0 Å². The van der Waals surface area contributed by atoms with Crippen LogP contribution in [-0.2, 0) is 24.8 Å². The number of hydrogen-bond acceptors (Lipinski definition) is 3. The monoisotopic (exact) mass is 336 g/mol. The molecule has 1 amide bonds. The van der Waals surface area contributed by atoms with Crippen LogP contribution in [0.2, 0.25) is 0 Å². The topological polar surface area (TPSA) is 59.8 Å². The number of rotatable bonds is 5. The van der Waals surface area contributed by atoms with Crippen LogP contribution in [0.15, 0.2) is 36.5 Å². The Hall–Kier alpha value is -2.69. The predicted molar refractivity (Wildman–Crippen MR) is 99.1 cm³/mol. The van der Waals surface area contributed by atoms with Gasteiger partial charge >= 0.3 is 0 Å². The Morgan fingerprint density at radius 2 is 2.00 bits per heavy atom. The summed E-state index contributed by atoms with van der Waals surface area (Å²) in [4.78, 5) is 17.0. The molecule has 130 valence electrons. The maximum absolute atomic E-state index is 12.5. The van der Waals surface area contributed by atoms with E-state index in [4.69, 9.17) is 0 Å². The molecule has 1 atom stereocenters. The Morgan fingerprint density at radius 3 is 2.72 bits per heavy atom. The molecule has 0 unspecified atom stereocenters. The van der Waals surface area contributed by atoms with Crippen LogP contribution in [0, 0.1) is 19.8 Å². The Morgan fingerprint density at radius 1 is 1.24 bits per heavy atom. The number of fused-ring (bicyclic) bond motifs is 1. The Kier molecular flexibility index (Phi) is 4.83. The van der Waals surface area contributed by atoms with E-state index in [-0.39, 0.29) is 11.8 Å². The fourth-order valence-electron chi connectivity index (χ4n) is 3.18. The smallest absolute Gasteiger partial charge is 0.223 e. The maximum atomic E-state index is 12.5. The summed E-state index contributed by atoms with van der Waals surface area (Å²) in [7, 11) is 1.93. The molecule has 2 heterocycles. The first-order valence-electron chi connectivity index (χ1n) is 8.56. The van der Waals surface area contributed by atoms with Gasteiger partial charge in [-0.25, -0.2) is 0 Å². The van der Waals surface area contributed by atoms with Crippen LogP contribution < -0.4 is 5.32 Å². The van der Waals surface area contributed by atoms with Crippen LogP contribution >= 0.6 is 0 Å². The van der Waals surface area contributed by atoms with Gasteiger partial charge in [0.1, 0.15) is 0 Å². The van der Waals surface area contributed by atoms with Crippen molar-refractivity contribution >= 4 is 16.8 Å². The summed E-state index contributed by atoms with van der Waals surface area (Å²) >= 11 is 0. The highest BCUT2D eigenvalue weighted by molar-refractivity contribution is 5.83. The zero-order valence-corrected chi connectivity index (χ0v) is 15.2. The highest BCUT2D eigenvalue weighted by Crippen LogP contribution is 2.18. The molecule has 0 aliphatic carbocycles. The van der Waals surface area contributed by atoms with Crippen LogP contribution in [0.5, 0.6) is 0 Å². The van der Waals surface area contributed by atoms with E-state index in [9.17, 15) is 4.79 Å². The zero-order valence-electron chi connectivity index (χ0n) is 15.2. The molecule has 5 nitrogen and oxygen atoms in total. The summed E-state index contributed by atoms with van der Waals surface area (Å²) in [6, 6.07) is 9.99. The van der Waals surface area contributed by atoms with E-state index in [2.05, 4.69) is 15.4 Å². The second-order valence-corrected chi connectivity index (χ2v) is 6.59. The van der Waals surface area contributed by atoms with Crippen molar-refractivity contribution in [2.24, 2.45) is 13.0 Å². The first-order chi connectivity index (χ1) is 12.0. The van der Waals surface area contributed by atoms with Crippen LogP contribution in [0.4, 0.5) is 0 Å². The standard InChI is InChI=1S/C20H24N4O/c1-13(11-18-14(2)23-24(4)15(18)3)20(25)22-12-17-8-5-7-16-9-6-10-21-19(16)17/h5-10,13H,11-12H2,1-4H3,(H,22,25)/t13-/m0/s1. The fourth-order valence-corrected chi connectivity index (χ4v) is 3.18. The van der Waals surface area contributed by atoms with E-state index in [1.807, 2.05) is 62.8 Å². The summed E-state index contributed by atoms with van der Waals surface area (Å²) in [5, 5.41) is 8.57. The Balaban J connectivity index is 1.67. The third-order valence-corrected chi connectivity index (χ3v) is 4.79. The minimum Gasteiger partial charge on any atom is -0.352 e. The van der Waals surface area contributed by atoms with Gasteiger partial charge in [-0.2, -0.15) is 5.10 Å². The van der Waals surface area contributed by atoms with Crippen molar-refractivity contribution in [3.8, 4) is 0 Å². The largest absolute Gasteiger partial charge is 0.352 e. The number of carbonyl (C=O) groups is 1. The van der Waals surface area contributed by atoms with Gasteiger partial charge in [0, 0.05) is 36.8 Å². The number of aryl methyl sites for hydroxylation is 2. The molecule has 1 N–H and O–H groups in total. The number of carbonyl (C=O) groups excluding carboxylic acids is 1. The Bertz CT molecular complexity index is 908. The van der Waals surface area contributed by atoms with Crippen LogP contribution in [-0.4, -0.2) is 20.7 Å². The van der Waals surface area contributed by atoms with E-state index >= 15 is 0 Å². The molecule has 5 heteroatoms. The Labute approximate surface area is 148 Å². The number of nitrogens with one attached hydrogen (secondary N) is 1. The number of hydrogen-bond donors (Lipinski definition) is 1. The number of benzene rings is 1. The average molecular weight is 336 g/mol. The van der Waals surface area contributed by atoms with E-state index in [0.29, 0.717) is 13.0 Å². The molecule has 0 aliphatic heterocycles. The van der Waals surface area contributed by atoms with Crippen LogP contribution in [0.1, 0.15) is 29.4 Å². The minimum absolute atomic E-state index is 0.0515. The first kappa shape index (κ1) is 17.1. The van der Waals surface area contributed by atoms with Gasteiger partial charge in [0.2, 0.25) is 5.91 Å². The van der Waals surface area contributed by atoms with Crippen molar-refractivity contribution in [2.75, 3.05) is 0 Å². The van der Waals surface area contributed by atoms with E-state index in [1.54, 1.807) is 6.20 Å². The van der Waals surface area contributed by atoms with Gasteiger partial charge < -0.3 is 5.32 Å². The maximum Gasteiger partial charge on any atom is 0.223 e. The highest BCUT2D eigenvalue weighted by Gasteiger charge is 2.18. The number of nitrogens with zero attached hydrogens (tertiary/aromatic N) is 3. The molecule has 0 bridgehead atoms. The summed E-state index contributed by atoms with van der Waals surface area (Å²) in [6.45, 7) is 6.49. The zero-order chi connectivity index (χ0) is 18.0. The average Bonchev–Trinajstić information content (AvgIpc) is 2.85. The predicted octanol–water partition coefficient (Wildman–Crippen LogP) is 3.08. The van der Waals surface area contributed by atoms with Crippen molar-refractivity contribution in [1.82, 2.24) is 20.1 Å². The molecule has 0 saturated heterocycles. The molecule has 3 rings (SSSR count). The normalized spacial score (nSPS) is 12.3. The molecule has 3 aromatic rings. The molecule has 0 spiro atoms. The van der Waals surface area contributed by atoms with Crippen molar-refractivity contribution in [3.05, 3.63) is 59.0 Å². The highest BCUT2D eigenvalue weighted by atomic mass is 16.1. The lowest BCUT2D eigenvalue weighted by atomic mass is 9.98. The molecule has 0 aliphatic rings. The lowest BCUT2D eigenvalue weighted by molar-refractivity contribution is -0.124. The molecule has 25 heavy (non-hydrogen) atoms. The fraction of sp³-hybridized carbons (Fsp3) is 0.350. The number of para-hydroxylation sites is 1. The molecule has 1 aromatic carbocycles. The number of pyridine rings is 1. The molecule has 0 fully saturated rings. The van der Waals surface area contributed by atoms with Gasteiger partial charge in [-0.05, 0) is 37.5 Å². The van der Waals surface area contributed by atoms with Gasteiger partial charge in [-0.1, -0.05) is 31.2 Å². The summed E-state index contributed by atoms with van der Waals surface area (Å²) in [5.41, 5.74) is 5.26. The van der Waals surface area contributed by atoms with E-state index in [0.717, 1.165) is 33.4 Å². The van der Waals surface area contributed by atoms with Crippen LogP contribution in [0.3, 0.4) is 0 Å². The summed E-state index contributed by atoms with van der Waals surface area (Å²) in [5.74, 6) is -0.0554. The molecular formula is C20H24N4O. The summed E-state index contributed by atoms with van der Waals surface area (Å²) < 4.78 is 1.87. The van der Waals surface area contributed by atoms with Gasteiger partial charge in [-0.15, -0.1) is 0 Å². The third kappa shape index (κ3) is 3.55. The van der Waals surface area contributed by atoms with Gasteiger partial charge in [0.05, 0.1) is 11.2 Å². The van der Waals surface area contributed by atoms with Crippen LogP contribution in [0.25, 0.3) is 10.9 Å². The second kappa shape index (κ2) is 7.05. The van der Waals surface area contributed by atoms with Gasteiger partial charge in [0.15, 0.2) is 0 Å². The number of amides is 1. The summed E-state index contributed by atoms with van der Waals surface area (Å²) in [6.07, 6.45) is 2.48.